The van der Waals surface area contributed by atoms with Gasteiger partial charge in [0, 0.05) is 21.5 Å². The Morgan fingerprint density at radius 3 is 1.97 bits per heavy atom. The molecule has 2 heterocycles. The van der Waals surface area contributed by atoms with Gasteiger partial charge in [0.2, 0.25) is 0 Å². The van der Waals surface area contributed by atoms with Gasteiger partial charge in [-0.15, -0.1) is 0 Å². The van der Waals surface area contributed by atoms with E-state index < -0.39 is 0 Å². The van der Waals surface area contributed by atoms with Crippen molar-refractivity contribution in [2.45, 2.75) is 0 Å². The number of aromatic nitrogens is 2. The van der Waals surface area contributed by atoms with Crippen LogP contribution in [0, 0.1) is 0 Å². The van der Waals surface area contributed by atoms with Crippen LogP contribution in [0.25, 0.3) is 60.1 Å². The van der Waals surface area contributed by atoms with Gasteiger partial charge in [-0.1, -0.05) is 91.0 Å². The smallest absolute Gasteiger partial charge is 0.146 e. The van der Waals surface area contributed by atoms with Gasteiger partial charge < -0.3 is 0 Å². The lowest BCUT2D eigenvalue weighted by Gasteiger charge is -2.13. The summed E-state index contributed by atoms with van der Waals surface area (Å²) in [6.45, 7) is 0. The predicted molar refractivity (Wildman–Crippen MR) is 131 cm³/mol. The molecule has 2 aromatic heterocycles. The maximum atomic E-state index is 5.19. The highest BCUT2D eigenvalue weighted by Crippen LogP contribution is 2.38. The SMILES string of the molecule is c1ccc2c(c1)ccc1c2c2ccccc2n1-c1nc2ccccc2c2ccccc12. The zero-order valence-electron chi connectivity index (χ0n) is 16.8. The summed E-state index contributed by atoms with van der Waals surface area (Å²) >= 11 is 0. The van der Waals surface area contributed by atoms with Gasteiger partial charge >= 0.3 is 0 Å². The maximum absolute atomic E-state index is 5.19. The number of para-hydroxylation sites is 2. The van der Waals surface area contributed by atoms with Crippen LogP contribution in [0.3, 0.4) is 0 Å². The van der Waals surface area contributed by atoms with E-state index in [4.69, 9.17) is 4.98 Å². The van der Waals surface area contributed by atoms with Crippen molar-refractivity contribution in [3.63, 3.8) is 0 Å². The lowest BCUT2D eigenvalue weighted by Crippen LogP contribution is -1.99. The predicted octanol–water partition coefficient (Wildman–Crippen LogP) is 7.64. The fraction of sp³-hybridized carbons (Fsp3) is 0. The third-order valence-corrected chi connectivity index (χ3v) is 6.36. The van der Waals surface area contributed by atoms with E-state index >= 15 is 0 Å². The fourth-order valence-corrected chi connectivity index (χ4v) is 5.02. The molecule has 0 amide bonds. The Kier molecular flexibility index (Phi) is 3.30. The average molecular weight is 394 g/mol. The molecule has 0 saturated heterocycles. The Morgan fingerprint density at radius 1 is 0.452 bits per heavy atom. The largest absolute Gasteiger partial charge is 0.293 e. The molecular weight excluding hydrogens is 376 g/mol. The molecule has 7 rings (SSSR count). The Morgan fingerprint density at radius 2 is 1.10 bits per heavy atom. The Balaban J connectivity index is 1.75. The van der Waals surface area contributed by atoms with Gasteiger partial charge in [-0.05, 0) is 34.4 Å². The van der Waals surface area contributed by atoms with E-state index in [0.717, 1.165) is 16.7 Å². The van der Waals surface area contributed by atoms with Gasteiger partial charge in [0.05, 0.1) is 16.6 Å². The molecule has 5 aromatic carbocycles. The summed E-state index contributed by atoms with van der Waals surface area (Å²) in [5.41, 5.74) is 3.39. The highest BCUT2D eigenvalue weighted by Gasteiger charge is 2.17. The van der Waals surface area contributed by atoms with E-state index in [2.05, 4.69) is 114 Å². The summed E-state index contributed by atoms with van der Waals surface area (Å²) in [6.07, 6.45) is 0. The molecule has 31 heavy (non-hydrogen) atoms. The van der Waals surface area contributed by atoms with E-state index in [1.165, 1.54) is 43.4 Å². The number of hydrogen-bond donors (Lipinski definition) is 0. The van der Waals surface area contributed by atoms with Crippen LogP contribution in [-0.4, -0.2) is 9.55 Å². The fourth-order valence-electron chi connectivity index (χ4n) is 5.02. The second kappa shape index (κ2) is 6.16. The second-order valence-corrected chi connectivity index (χ2v) is 8.03. The van der Waals surface area contributed by atoms with Crippen molar-refractivity contribution >= 4 is 54.3 Å². The van der Waals surface area contributed by atoms with Crippen LogP contribution in [0.4, 0.5) is 0 Å². The summed E-state index contributed by atoms with van der Waals surface area (Å²) < 4.78 is 2.34. The summed E-state index contributed by atoms with van der Waals surface area (Å²) in [5.74, 6) is 0.982. The van der Waals surface area contributed by atoms with Crippen LogP contribution in [0.1, 0.15) is 0 Å². The summed E-state index contributed by atoms with van der Waals surface area (Å²) in [7, 11) is 0. The van der Waals surface area contributed by atoms with Crippen molar-refractivity contribution in [3.8, 4) is 5.82 Å². The quantitative estimate of drug-likeness (QED) is 0.262. The minimum absolute atomic E-state index is 0.982. The summed E-state index contributed by atoms with van der Waals surface area (Å²) in [5, 5.41) is 8.66. The Bertz CT molecular complexity index is 1790. The number of rotatable bonds is 1. The first-order valence-corrected chi connectivity index (χ1v) is 10.6. The van der Waals surface area contributed by atoms with Crippen LogP contribution in [0.5, 0.6) is 0 Å². The van der Waals surface area contributed by atoms with Crippen LogP contribution in [0.2, 0.25) is 0 Å². The van der Waals surface area contributed by atoms with E-state index in [9.17, 15) is 0 Å². The van der Waals surface area contributed by atoms with Crippen LogP contribution in [0.15, 0.2) is 109 Å². The lowest BCUT2D eigenvalue weighted by molar-refractivity contribution is 1.12. The molecule has 2 heteroatoms. The van der Waals surface area contributed by atoms with Crippen molar-refractivity contribution < 1.29 is 0 Å². The standard InChI is InChI=1S/C29H18N2/c1-2-10-20-19(9-1)17-18-27-28(20)24-14-6-8-16-26(24)31(27)29-23-13-4-3-11-21(23)22-12-5-7-15-25(22)30-29/h1-18H. The molecule has 0 radical (unpaired) electrons. The third-order valence-electron chi connectivity index (χ3n) is 6.36. The Hall–Kier alpha value is -4.17. The number of fused-ring (bicyclic) bond motifs is 8. The van der Waals surface area contributed by atoms with Crippen molar-refractivity contribution in [2.75, 3.05) is 0 Å². The number of hydrogen-bond acceptors (Lipinski definition) is 1. The van der Waals surface area contributed by atoms with Gasteiger partial charge in [-0.25, -0.2) is 4.98 Å². The van der Waals surface area contributed by atoms with Gasteiger partial charge in [0.25, 0.3) is 0 Å². The molecule has 7 aromatic rings. The first kappa shape index (κ1) is 16.6. The molecule has 2 nitrogen and oxygen atoms in total. The minimum Gasteiger partial charge on any atom is -0.293 e. The first-order valence-electron chi connectivity index (χ1n) is 10.6. The van der Waals surface area contributed by atoms with Gasteiger partial charge in [0.15, 0.2) is 0 Å². The van der Waals surface area contributed by atoms with E-state index in [1.54, 1.807) is 0 Å². The van der Waals surface area contributed by atoms with Gasteiger partial charge in [-0.3, -0.25) is 4.57 Å². The zero-order valence-corrected chi connectivity index (χ0v) is 16.8. The zero-order chi connectivity index (χ0) is 20.4. The van der Waals surface area contributed by atoms with Crippen molar-refractivity contribution in [2.24, 2.45) is 0 Å². The van der Waals surface area contributed by atoms with Crippen molar-refractivity contribution in [3.05, 3.63) is 109 Å². The molecule has 0 atom stereocenters. The average Bonchev–Trinajstić information content (AvgIpc) is 3.18. The maximum Gasteiger partial charge on any atom is 0.146 e. The normalized spacial score (nSPS) is 11.9. The molecule has 0 aliphatic carbocycles. The molecule has 0 saturated carbocycles. The summed E-state index contributed by atoms with van der Waals surface area (Å²) in [6, 6.07) is 38.8. The number of pyridine rings is 1. The highest BCUT2D eigenvalue weighted by atomic mass is 15.1. The lowest BCUT2D eigenvalue weighted by atomic mass is 10.0. The van der Waals surface area contributed by atoms with Crippen molar-refractivity contribution in [1.82, 2.24) is 9.55 Å². The first-order chi connectivity index (χ1) is 15.4. The molecule has 0 unspecified atom stereocenters. The Labute approximate surface area is 179 Å². The highest BCUT2D eigenvalue weighted by molar-refractivity contribution is 6.22. The number of benzene rings is 5. The number of nitrogens with zero attached hydrogens (tertiary/aromatic N) is 2. The van der Waals surface area contributed by atoms with Gasteiger partial charge in [-0.2, -0.15) is 0 Å². The monoisotopic (exact) mass is 394 g/mol. The van der Waals surface area contributed by atoms with E-state index in [1.807, 2.05) is 0 Å². The van der Waals surface area contributed by atoms with E-state index in [0.29, 0.717) is 0 Å². The van der Waals surface area contributed by atoms with Crippen molar-refractivity contribution in [1.29, 1.82) is 0 Å². The molecule has 0 bridgehead atoms. The van der Waals surface area contributed by atoms with Crippen LogP contribution < -0.4 is 0 Å². The minimum atomic E-state index is 0.982. The summed E-state index contributed by atoms with van der Waals surface area (Å²) in [4.78, 5) is 5.19. The molecule has 0 N–H and O–H groups in total. The van der Waals surface area contributed by atoms with E-state index in [-0.39, 0.29) is 0 Å². The molecule has 0 aliphatic rings. The van der Waals surface area contributed by atoms with Crippen LogP contribution in [-0.2, 0) is 0 Å². The topological polar surface area (TPSA) is 17.8 Å². The molecule has 144 valence electrons. The second-order valence-electron chi connectivity index (χ2n) is 8.03. The molecular formula is C29H18N2. The molecule has 0 fully saturated rings. The molecule has 0 spiro atoms. The molecule has 0 aliphatic heterocycles. The van der Waals surface area contributed by atoms with Gasteiger partial charge in [0.1, 0.15) is 5.82 Å². The third kappa shape index (κ3) is 2.25. The van der Waals surface area contributed by atoms with Crippen LogP contribution >= 0.6 is 0 Å².